The van der Waals surface area contributed by atoms with E-state index in [0.717, 1.165) is 30.5 Å². The minimum absolute atomic E-state index is 0.240. The molecule has 0 amide bonds. The zero-order valence-corrected chi connectivity index (χ0v) is 13.4. The van der Waals surface area contributed by atoms with Gasteiger partial charge in [-0.15, -0.1) is 0 Å². The van der Waals surface area contributed by atoms with Crippen LogP contribution in [0.3, 0.4) is 0 Å². The van der Waals surface area contributed by atoms with Crippen LogP contribution in [-0.2, 0) is 6.54 Å². The van der Waals surface area contributed by atoms with Crippen LogP contribution in [0.1, 0.15) is 12.0 Å². The number of halogens is 2. The van der Waals surface area contributed by atoms with Gasteiger partial charge in [0.15, 0.2) is 11.5 Å². The molecule has 0 aromatic heterocycles. The first-order chi connectivity index (χ1) is 11.6. The second-order valence-electron chi connectivity index (χ2n) is 5.69. The van der Waals surface area contributed by atoms with E-state index in [2.05, 4.69) is 0 Å². The summed E-state index contributed by atoms with van der Waals surface area (Å²) in [5, 5.41) is 0. The summed E-state index contributed by atoms with van der Waals surface area (Å²) in [5.41, 5.74) is 0.482. The molecule has 0 bridgehead atoms. The van der Waals surface area contributed by atoms with Crippen molar-refractivity contribution in [1.82, 2.24) is 4.90 Å². The summed E-state index contributed by atoms with van der Waals surface area (Å²) in [6.07, 6.45) is 0.785. The predicted molar refractivity (Wildman–Crippen MR) is 85.4 cm³/mol. The molecule has 2 aromatic rings. The van der Waals surface area contributed by atoms with Crippen LogP contribution in [0.5, 0.6) is 17.2 Å². The summed E-state index contributed by atoms with van der Waals surface area (Å²) in [4.78, 5) is 1.97. The van der Waals surface area contributed by atoms with Crippen LogP contribution < -0.4 is 14.2 Å². The molecule has 0 radical (unpaired) electrons. The summed E-state index contributed by atoms with van der Waals surface area (Å²) in [5.74, 6) is 1.07. The lowest BCUT2D eigenvalue weighted by Gasteiger charge is -2.17. The predicted octanol–water partition coefficient (Wildman–Crippen LogP) is 3.59. The van der Waals surface area contributed by atoms with Gasteiger partial charge in [-0.2, -0.15) is 0 Å². The van der Waals surface area contributed by atoms with E-state index < -0.39 is 11.6 Å². The second-order valence-corrected chi connectivity index (χ2v) is 5.69. The molecule has 0 saturated heterocycles. The Kier molecular flexibility index (Phi) is 5.15. The first kappa shape index (κ1) is 16.5. The van der Waals surface area contributed by atoms with E-state index in [1.165, 1.54) is 12.1 Å². The smallest absolute Gasteiger partial charge is 0.231 e. The van der Waals surface area contributed by atoms with Crippen LogP contribution in [0.25, 0.3) is 0 Å². The van der Waals surface area contributed by atoms with E-state index >= 15 is 0 Å². The molecule has 24 heavy (non-hydrogen) atoms. The molecule has 0 unspecified atom stereocenters. The third-order valence-corrected chi connectivity index (χ3v) is 3.75. The van der Waals surface area contributed by atoms with E-state index in [1.807, 2.05) is 24.1 Å². The third kappa shape index (κ3) is 4.14. The van der Waals surface area contributed by atoms with Crippen LogP contribution in [0.2, 0.25) is 0 Å². The Hall–Kier alpha value is -2.34. The van der Waals surface area contributed by atoms with Gasteiger partial charge in [-0.05, 0) is 31.7 Å². The normalized spacial score (nSPS) is 12.7. The highest BCUT2D eigenvalue weighted by molar-refractivity contribution is 5.46. The van der Waals surface area contributed by atoms with Crippen molar-refractivity contribution in [1.29, 1.82) is 0 Å². The van der Waals surface area contributed by atoms with Gasteiger partial charge < -0.3 is 19.1 Å². The molecule has 0 saturated carbocycles. The quantitative estimate of drug-likeness (QED) is 0.724. The lowest BCUT2D eigenvalue weighted by molar-refractivity contribution is 0.173. The van der Waals surface area contributed by atoms with E-state index in [1.54, 1.807) is 6.07 Å². The molecule has 0 N–H and O–H groups in total. The summed E-state index contributed by atoms with van der Waals surface area (Å²) < 4.78 is 42.7. The topological polar surface area (TPSA) is 30.9 Å². The Morgan fingerprint density at radius 2 is 1.92 bits per heavy atom. The van der Waals surface area contributed by atoms with Gasteiger partial charge in [0, 0.05) is 30.8 Å². The zero-order chi connectivity index (χ0) is 16.9. The van der Waals surface area contributed by atoms with Gasteiger partial charge in [0.25, 0.3) is 0 Å². The standard InChI is InChI=1S/C18H19F2NO3/c1-21(11-13-3-4-14(19)9-16(13)20)7-2-8-22-15-5-6-17-18(10-15)24-12-23-17/h3-6,9-10H,2,7-8,11-12H2,1H3. The molecular formula is C18H19F2NO3. The van der Waals surface area contributed by atoms with Crippen LogP contribution in [-0.4, -0.2) is 31.9 Å². The Labute approximate surface area is 139 Å². The molecule has 1 aliphatic heterocycles. The molecule has 1 heterocycles. The van der Waals surface area contributed by atoms with Crippen molar-refractivity contribution in [2.24, 2.45) is 0 Å². The number of benzene rings is 2. The molecule has 0 atom stereocenters. The summed E-state index contributed by atoms with van der Waals surface area (Å²) in [6.45, 7) is 1.94. The van der Waals surface area contributed by atoms with Gasteiger partial charge in [-0.3, -0.25) is 0 Å². The van der Waals surface area contributed by atoms with Crippen molar-refractivity contribution in [3.8, 4) is 17.2 Å². The number of nitrogens with zero attached hydrogens (tertiary/aromatic N) is 1. The molecule has 3 rings (SSSR count). The first-order valence-corrected chi connectivity index (χ1v) is 7.77. The fourth-order valence-electron chi connectivity index (χ4n) is 2.51. The Morgan fingerprint density at radius 1 is 1.08 bits per heavy atom. The lowest BCUT2D eigenvalue weighted by Crippen LogP contribution is -2.21. The largest absolute Gasteiger partial charge is 0.493 e. The Morgan fingerprint density at radius 3 is 2.75 bits per heavy atom. The van der Waals surface area contributed by atoms with Crippen molar-refractivity contribution in [2.75, 3.05) is 27.0 Å². The lowest BCUT2D eigenvalue weighted by atomic mass is 10.2. The van der Waals surface area contributed by atoms with Gasteiger partial charge >= 0.3 is 0 Å². The van der Waals surface area contributed by atoms with Crippen LogP contribution in [0, 0.1) is 11.6 Å². The fraction of sp³-hybridized carbons (Fsp3) is 0.333. The number of ether oxygens (including phenoxy) is 3. The van der Waals surface area contributed by atoms with E-state index in [9.17, 15) is 8.78 Å². The number of fused-ring (bicyclic) bond motifs is 1. The zero-order valence-electron chi connectivity index (χ0n) is 13.4. The molecule has 0 aliphatic carbocycles. The van der Waals surface area contributed by atoms with Crippen LogP contribution >= 0.6 is 0 Å². The van der Waals surface area contributed by atoms with E-state index in [-0.39, 0.29) is 6.79 Å². The van der Waals surface area contributed by atoms with E-state index in [0.29, 0.717) is 24.5 Å². The fourth-order valence-corrected chi connectivity index (χ4v) is 2.51. The molecule has 0 spiro atoms. The van der Waals surface area contributed by atoms with Crippen LogP contribution in [0.4, 0.5) is 8.78 Å². The minimum Gasteiger partial charge on any atom is -0.493 e. The highest BCUT2D eigenvalue weighted by Crippen LogP contribution is 2.35. The average molecular weight is 335 g/mol. The van der Waals surface area contributed by atoms with Gasteiger partial charge in [-0.25, -0.2) is 8.78 Å². The average Bonchev–Trinajstić information content (AvgIpc) is 3.02. The molecule has 2 aromatic carbocycles. The highest BCUT2D eigenvalue weighted by Gasteiger charge is 2.13. The highest BCUT2D eigenvalue weighted by atomic mass is 19.1. The maximum absolute atomic E-state index is 13.6. The number of hydrogen-bond acceptors (Lipinski definition) is 4. The SMILES string of the molecule is CN(CCCOc1ccc2c(c1)OCO2)Cc1ccc(F)cc1F. The van der Waals surface area contributed by atoms with Crippen molar-refractivity contribution < 1.29 is 23.0 Å². The molecular weight excluding hydrogens is 316 g/mol. The van der Waals surface area contributed by atoms with Gasteiger partial charge in [0.05, 0.1) is 6.61 Å². The number of hydrogen-bond donors (Lipinski definition) is 0. The minimum atomic E-state index is -0.559. The molecule has 1 aliphatic rings. The van der Waals surface area contributed by atoms with Crippen molar-refractivity contribution >= 4 is 0 Å². The second kappa shape index (κ2) is 7.49. The van der Waals surface area contributed by atoms with Gasteiger partial charge in [0.1, 0.15) is 17.4 Å². The molecule has 4 nitrogen and oxygen atoms in total. The first-order valence-electron chi connectivity index (χ1n) is 7.77. The van der Waals surface area contributed by atoms with Crippen molar-refractivity contribution in [2.45, 2.75) is 13.0 Å². The summed E-state index contributed by atoms with van der Waals surface area (Å²) in [7, 11) is 1.89. The van der Waals surface area contributed by atoms with Gasteiger partial charge in [0.2, 0.25) is 6.79 Å². The van der Waals surface area contributed by atoms with Crippen molar-refractivity contribution in [3.05, 3.63) is 53.6 Å². The summed E-state index contributed by atoms with van der Waals surface area (Å²) >= 11 is 0. The van der Waals surface area contributed by atoms with Crippen molar-refractivity contribution in [3.63, 3.8) is 0 Å². The molecule has 128 valence electrons. The summed E-state index contributed by atoms with van der Waals surface area (Å²) in [6, 6.07) is 9.12. The van der Waals surface area contributed by atoms with Crippen LogP contribution in [0.15, 0.2) is 36.4 Å². The monoisotopic (exact) mass is 335 g/mol. The molecule has 6 heteroatoms. The Bertz CT molecular complexity index is 709. The van der Waals surface area contributed by atoms with Gasteiger partial charge in [-0.1, -0.05) is 6.07 Å². The maximum Gasteiger partial charge on any atom is 0.231 e. The third-order valence-electron chi connectivity index (χ3n) is 3.75. The Balaban J connectivity index is 1.41. The molecule has 0 fully saturated rings. The number of rotatable bonds is 7. The van der Waals surface area contributed by atoms with E-state index in [4.69, 9.17) is 14.2 Å². The maximum atomic E-state index is 13.6.